The molecule has 0 aliphatic rings. The molecular formula is C15H21N3S. The average molecular weight is 275 g/mol. The van der Waals surface area contributed by atoms with Gasteiger partial charge in [0.25, 0.3) is 0 Å². The van der Waals surface area contributed by atoms with E-state index in [1.807, 2.05) is 0 Å². The molecule has 0 amide bonds. The summed E-state index contributed by atoms with van der Waals surface area (Å²) in [6.45, 7) is 8.49. The van der Waals surface area contributed by atoms with E-state index in [9.17, 15) is 0 Å². The van der Waals surface area contributed by atoms with Gasteiger partial charge in [-0.3, -0.25) is 0 Å². The third-order valence-electron chi connectivity index (χ3n) is 3.10. The van der Waals surface area contributed by atoms with Gasteiger partial charge in [-0.1, -0.05) is 36.5 Å². The van der Waals surface area contributed by atoms with Gasteiger partial charge in [0.15, 0.2) is 0 Å². The lowest BCUT2D eigenvalue weighted by molar-refractivity contribution is 0.668. The quantitative estimate of drug-likeness (QED) is 0.821. The van der Waals surface area contributed by atoms with E-state index in [-0.39, 0.29) is 0 Å². The number of hydrogen-bond acceptors (Lipinski definition) is 4. The molecule has 2 rings (SSSR count). The molecule has 19 heavy (non-hydrogen) atoms. The molecule has 4 heteroatoms. The minimum Gasteiger partial charge on any atom is -0.316 e. The summed E-state index contributed by atoms with van der Waals surface area (Å²) in [7, 11) is 0. The Kier molecular flexibility index (Phi) is 5.05. The number of hydrogen-bond donors (Lipinski definition) is 1. The predicted molar refractivity (Wildman–Crippen MR) is 81.7 cm³/mol. The molecule has 0 fully saturated rings. The number of nitrogens with zero attached hydrogens (tertiary/aromatic N) is 2. The topological polar surface area (TPSA) is 37.8 Å². The van der Waals surface area contributed by atoms with Gasteiger partial charge in [-0.2, -0.15) is 0 Å². The van der Waals surface area contributed by atoms with Gasteiger partial charge in [0, 0.05) is 18.5 Å². The first-order valence-electron chi connectivity index (χ1n) is 6.82. The van der Waals surface area contributed by atoms with Crippen LogP contribution >= 0.6 is 11.3 Å². The van der Waals surface area contributed by atoms with Crippen molar-refractivity contribution in [2.24, 2.45) is 0 Å². The molecule has 0 aliphatic heterocycles. The lowest BCUT2D eigenvalue weighted by Gasteiger charge is -2.04. The zero-order valence-corrected chi connectivity index (χ0v) is 12.7. The van der Waals surface area contributed by atoms with Gasteiger partial charge in [0.2, 0.25) is 0 Å². The average Bonchev–Trinajstić information content (AvgIpc) is 2.83. The number of benzene rings is 1. The molecule has 3 nitrogen and oxygen atoms in total. The molecule has 0 saturated carbocycles. The maximum absolute atomic E-state index is 4.35. The lowest BCUT2D eigenvalue weighted by Crippen LogP contribution is -2.17. The molecule has 1 aromatic heterocycles. The van der Waals surface area contributed by atoms with E-state index in [2.05, 4.69) is 54.5 Å². The number of rotatable bonds is 6. The zero-order chi connectivity index (χ0) is 13.7. The van der Waals surface area contributed by atoms with E-state index in [1.165, 1.54) is 23.1 Å². The molecule has 1 heterocycles. The minimum absolute atomic E-state index is 0.961. The molecule has 0 radical (unpaired) electrons. The molecule has 1 aromatic carbocycles. The van der Waals surface area contributed by atoms with Crippen molar-refractivity contribution in [3.8, 4) is 10.6 Å². The van der Waals surface area contributed by atoms with Crippen molar-refractivity contribution in [2.45, 2.75) is 33.6 Å². The Morgan fingerprint density at radius 3 is 2.53 bits per heavy atom. The molecule has 0 aliphatic carbocycles. The van der Waals surface area contributed by atoms with Crippen molar-refractivity contribution in [1.82, 2.24) is 15.5 Å². The Morgan fingerprint density at radius 2 is 1.84 bits per heavy atom. The SMILES string of the molecule is CCCNCCc1nnc(-c2c(C)cccc2C)s1. The Hall–Kier alpha value is -1.26. The van der Waals surface area contributed by atoms with Crippen LogP contribution in [0.5, 0.6) is 0 Å². The van der Waals surface area contributed by atoms with E-state index in [1.54, 1.807) is 11.3 Å². The van der Waals surface area contributed by atoms with E-state index >= 15 is 0 Å². The highest BCUT2D eigenvalue weighted by atomic mass is 32.1. The normalized spacial score (nSPS) is 10.9. The third kappa shape index (κ3) is 3.61. The molecule has 2 aromatic rings. The van der Waals surface area contributed by atoms with Gasteiger partial charge in [-0.25, -0.2) is 0 Å². The second kappa shape index (κ2) is 6.78. The Labute approximate surface area is 119 Å². The summed E-state index contributed by atoms with van der Waals surface area (Å²) in [6.07, 6.45) is 2.13. The maximum Gasteiger partial charge on any atom is 0.148 e. The van der Waals surface area contributed by atoms with Crippen LogP contribution in [-0.2, 0) is 6.42 Å². The van der Waals surface area contributed by atoms with Crippen molar-refractivity contribution in [1.29, 1.82) is 0 Å². The van der Waals surface area contributed by atoms with Crippen LogP contribution < -0.4 is 5.32 Å². The van der Waals surface area contributed by atoms with Crippen molar-refractivity contribution < 1.29 is 0 Å². The molecule has 102 valence electrons. The molecule has 0 atom stereocenters. The zero-order valence-electron chi connectivity index (χ0n) is 11.9. The molecule has 0 spiro atoms. The fraction of sp³-hybridized carbons (Fsp3) is 0.467. The van der Waals surface area contributed by atoms with Crippen molar-refractivity contribution in [3.63, 3.8) is 0 Å². The van der Waals surface area contributed by atoms with E-state index in [4.69, 9.17) is 0 Å². The highest BCUT2D eigenvalue weighted by Crippen LogP contribution is 2.29. The highest BCUT2D eigenvalue weighted by Gasteiger charge is 2.11. The number of aromatic nitrogens is 2. The van der Waals surface area contributed by atoms with Gasteiger partial charge < -0.3 is 5.32 Å². The van der Waals surface area contributed by atoms with Crippen molar-refractivity contribution in [3.05, 3.63) is 34.3 Å². The third-order valence-corrected chi connectivity index (χ3v) is 4.10. The summed E-state index contributed by atoms with van der Waals surface area (Å²) in [5, 5.41) is 14.2. The van der Waals surface area contributed by atoms with Crippen LogP contribution in [0.15, 0.2) is 18.2 Å². The van der Waals surface area contributed by atoms with E-state index in [0.717, 1.165) is 29.5 Å². The molecule has 1 N–H and O–H groups in total. The van der Waals surface area contributed by atoms with Crippen molar-refractivity contribution >= 4 is 11.3 Å². The number of nitrogens with one attached hydrogen (secondary N) is 1. The van der Waals surface area contributed by atoms with Gasteiger partial charge in [0.05, 0.1) is 0 Å². The molecule has 0 unspecified atom stereocenters. The van der Waals surface area contributed by atoms with Gasteiger partial charge in [-0.05, 0) is 37.9 Å². The van der Waals surface area contributed by atoms with Crippen molar-refractivity contribution in [2.75, 3.05) is 13.1 Å². The van der Waals surface area contributed by atoms with Crippen LogP contribution in [0.4, 0.5) is 0 Å². The fourth-order valence-electron chi connectivity index (χ4n) is 2.10. The summed E-state index contributed by atoms with van der Waals surface area (Å²) >= 11 is 1.71. The summed E-state index contributed by atoms with van der Waals surface area (Å²) in [5.74, 6) is 0. The first kappa shape index (κ1) is 14.2. The first-order chi connectivity index (χ1) is 9.22. The summed E-state index contributed by atoms with van der Waals surface area (Å²) in [4.78, 5) is 0. The molecule has 0 saturated heterocycles. The van der Waals surface area contributed by atoms with Gasteiger partial charge in [0.1, 0.15) is 10.0 Å². The second-order valence-corrected chi connectivity index (χ2v) is 5.83. The second-order valence-electron chi connectivity index (χ2n) is 4.77. The Bertz CT molecular complexity index is 514. The summed E-state index contributed by atoms with van der Waals surface area (Å²) in [6, 6.07) is 6.35. The molecule has 0 bridgehead atoms. The fourth-order valence-corrected chi connectivity index (χ4v) is 3.12. The summed E-state index contributed by atoms with van der Waals surface area (Å²) < 4.78 is 0. The lowest BCUT2D eigenvalue weighted by atomic mass is 10.0. The van der Waals surface area contributed by atoms with Crippen LogP contribution in [0.3, 0.4) is 0 Å². The summed E-state index contributed by atoms with van der Waals surface area (Å²) in [5.41, 5.74) is 3.78. The largest absolute Gasteiger partial charge is 0.316 e. The Balaban J connectivity index is 2.08. The van der Waals surface area contributed by atoms with Crippen LogP contribution in [0.2, 0.25) is 0 Å². The van der Waals surface area contributed by atoms with Crippen LogP contribution in [-0.4, -0.2) is 23.3 Å². The maximum atomic E-state index is 4.35. The van der Waals surface area contributed by atoms with Crippen LogP contribution in [0.25, 0.3) is 10.6 Å². The van der Waals surface area contributed by atoms with Crippen LogP contribution in [0.1, 0.15) is 29.5 Å². The molecular weight excluding hydrogens is 254 g/mol. The highest BCUT2D eigenvalue weighted by molar-refractivity contribution is 7.14. The standard InChI is InChI=1S/C15H21N3S/c1-4-9-16-10-8-13-17-18-15(19-13)14-11(2)6-5-7-12(14)3/h5-7,16H,4,8-10H2,1-3H3. The van der Waals surface area contributed by atoms with Crippen LogP contribution in [0, 0.1) is 13.8 Å². The monoisotopic (exact) mass is 275 g/mol. The van der Waals surface area contributed by atoms with E-state index in [0.29, 0.717) is 0 Å². The number of aryl methyl sites for hydroxylation is 2. The van der Waals surface area contributed by atoms with Gasteiger partial charge in [-0.15, -0.1) is 10.2 Å². The van der Waals surface area contributed by atoms with E-state index < -0.39 is 0 Å². The van der Waals surface area contributed by atoms with Gasteiger partial charge >= 0.3 is 0 Å². The smallest absolute Gasteiger partial charge is 0.148 e. The minimum atomic E-state index is 0.961. The Morgan fingerprint density at radius 1 is 1.11 bits per heavy atom. The first-order valence-corrected chi connectivity index (χ1v) is 7.63. The predicted octanol–water partition coefficient (Wildman–Crippen LogP) is 3.36.